The Morgan fingerprint density at radius 1 is 1.09 bits per heavy atom. The molecule has 3 aromatic rings. The Hall–Kier alpha value is -1.91. The van der Waals surface area contributed by atoms with Gasteiger partial charge in [0.05, 0.1) is 0 Å². The second-order valence-electron chi connectivity index (χ2n) is 4.82. The van der Waals surface area contributed by atoms with Gasteiger partial charge >= 0.3 is 5.13 Å². The minimum absolute atomic E-state index is 0.768. The highest BCUT2D eigenvalue weighted by atomic mass is 79.9. The van der Waals surface area contributed by atoms with E-state index in [4.69, 9.17) is 0 Å². The molecular weight excluding hydrogens is 356 g/mol. The number of hydrogen-bond acceptors (Lipinski definition) is 2. The summed E-state index contributed by atoms with van der Waals surface area (Å²) < 4.78 is 3.33. The average Bonchev–Trinajstić information content (AvgIpc) is 2.92. The Morgan fingerprint density at radius 3 is 2.50 bits per heavy atom. The molecule has 2 nitrogen and oxygen atoms in total. The van der Waals surface area contributed by atoms with Gasteiger partial charge in [0.15, 0.2) is 0 Å². The fourth-order valence-electron chi connectivity index (χ4n) is 2.25. The molecule has 22 heavy (non-hydrogen) atoms. The number of nitrogens with one attached hydrogen (secondary N) is 1. The van der Waals surface area contributed by atoms with Gasteiger partial charge in [-0.15, -0.1) is 0 Å². The lowest BCUT2D eigenvalue weighted by atomic mass is 10.2. The van der Waals surface area contributed by atoms with E-state index in [1.165, 1.54) is 11.3 Å². The Kier molecular flexibility index (Phi) is 4.71. The van der Waals surface area contributed by atoms with Crippen LogP contribution in [0, 0.1) is 0 Å². The van der Waals surface area contributed by atoms with Gasteiger partial charge < -0.3 is 0 Å². The van der Waals surface area contributed by atoms with Crippen molar-refractivity contribution < 1.29 is 4.57 Å². The molecule has 0 saturated carbocycles. The molecule has 4 heteroatoms. The molecule has 1 aromatic heterocycles. The first kappa shape index (κ1) is 15.0. The molecule has 0 fully saturated rings. The molecule has 0 spiro atoms. The van der Waals surface area contributed by atoms with Crippen LogP contribution in [0.15, 0.2) is 77.1 Å². The maximum atomic E-state index is 3.88. The van der Waals surface area contributed by atoms with Crippen molar-refractivity contribution in [2.75, 3.05) is 5.32 Å². The average molecular weight is 372 g/mol. The van der Waals surface area contributed by atoms with E-state index < -0.39 is 0 Å². The van der Waals surface area contributed by atoms with Crippen LogP contribution in [-0.2, 0) is 6.54 Å². The van der Waals surface area contributed by atoms with Crippen LogP contribution in [0.1, 0.15) is 0 Å². The zero-order valence-electron chi connectivity index (χ0n) is 12.0. The van der Waals surface area contributed by atoms with Crippen LogP contribution in [0.25, 0.3) is 11.3 Å². The van der Waals surface area contributed by atoms with E-state index in [0.717, 1.165) is 21.8 Å². The van der Waals surface area contributed by atoms with Gasteiger partial charge in [0, 0.05) is 15.4 Å². The van der Waals surface area contributed by atoms with Crippen LogP contribution < -0.4 is 9.88 Å². The maximum Gasteiger partial charge on any atom is 0.339 e. The molecular formula is C18H16BrN2S+. The van der Waals surface area contributed by atoms with Gasteiger partial charge in [-0.25, -0.2) is 9.88 Å². The molecule has 0 aliphatic rings. The van der Waals surface area contributed by atoms with Crippen molar-refractivity contribution in [2.45, 2.75) is 6.54 Å². The lowest BCUT2D eigenvalue weighted by Gasteiger charge is -2.04. The number of hydrogen-bond donors (Lipinski definition) is 1. The van der Waals surface area contributed by atoms with Gasteiger partial charge in [0.1, 0.15) is 17.9 Å². The summed E-state index contributed by atoms with van der Waals surface area (Å²) in [5, 5.41) is 6.76. The lowest BCUT2D eigenvalue weighted by molar-refractivity contribution is -0.657. The number of allylic oxidation sites excluding steroid dienone is 1. The number of para-hydroxylation sites is 1. The van der Waals surface area contributed by atoms with E-state index in [1.807, 2.05) is 24.3 Å². The fourth-order valence-corrected chi connectivity index (χ4v) is 3.47. The highest BCUT2D eigenvalue weighted by Gasteiger charge is 2.18. The lowest BCUT2D eigenvalue weighted by Crippen LogP contribution is -2.35. The van der Waals surface area contributed by atoms with E-state index >= 15 is 0 Å². The topological polar surface area (TPSA) is 15.9 Å². The van der Waals surface area contributed by atoms with Crippen molar-refractivity contribution in [3.63, 3.8) is 0 Å². The van der Waals surface area contributed by atoms with Crippen molar-refractivity contribution in [2.24, 2.45) is 0 Å². The van der Waals surface area contributed by atoms with Gasteiger partial charge in [-0.3, -0.25) is 0 Å². The zero-order valence-corrected chi connectivity index (χ0v) is 14.4. The van der Waals surface area contributed by atoms with Crippen molar-refractivity contribution >= 4 is 38.1 Å². The molecule has 0 aliphatic heterocycles. The Labute approximate surface area is 142 Å². The second kappa shape index (κ2) is 6.90. The van der Waals surface area contributed by atoms with Gasteiger partial charge in [0.2, 0.25) is 0 Å². The van der Waals surface area contributed by atoms with Crippen LogP contribution in [0.4, 0.5) is 10.8 Å². The van der Waals surface area contributed by atoms with Gasteiger partial charge in [-0.05, 0) is 36.4 Å². The van der Waals surface area contributed by atoms with Crippen molar-refractivity contribution in [3.8, 4) is 11.3 Å². The molecule has 0 unspecified atom stereocenters. The van der Waals surface area contributed by atoms with Crippen molar-refractivity contribution in [1.29, 1.82) is 0 Å². The van der Waals surface area contributed by atoms with E-state index in [-0.39, 0.29) is 0 Å². The summed E-state index contributed by atoms with van der Waals surface area (Å²) in [5.41, 5.74) is 3.47. The number of thiazole rings is 1. The largest absolute Gasteiger partial charge is 0.339 e. The van der Waals surface area contributed by atoms with Gasteiger partial charge in [0.25, 0.3) is 0 Å². The first-order valence-corrected chi connectivity index (χ1v) is 8.65. The van der Waals surface area contributed by atoms with Crippen LogP contribution >= 0.6 is 27.3 Å². The summed E-state index contributed by atoms with van der Waals surface area (Å²) in [6.45, 7) is 4.65. The summed E-state index contributed by atoms with van der Waals surface area (Å²) in [6, 6.07) is 18.6. The SMILES string of the molecule is C=CC[n+]1c(-c2ccc(Br)cc2)csc1Nc1ccccc1. The number of nitrogens with zero attached hydrogens (tertiary/aromatic N) is 1. The van der Waals surface area contributed by atoms with Crippen molar-refractivity contribution in [1.82, 2.24) is 0 Å². The van der Waals surface area contributed by atoms with Crippen LogP contribution in [0.2, 0.25) is 0 Å². The monoisotopic (exact) mass is 371 g/mol. The smallest absolute Gasteiger partial charge is 0.231 e. The standard InChI is InChI=1S/C18H15BrN2S/c1-2-12-21-17(14-8-10-15(19)11-9-14)13-22-18(21)20-16-6-4-3-5-7-16/h2-11,13H,1,12H2/p+1. The Bertz CT molecular complexity index is 764. The zero-order chi connectivity index (χ0) is 15.4. The minimum atomic E-state index is 0.768. The molecule has 1 heterocycles. The number of benzene rings is 2. The molecule has 0 aliphatic carbocycles. The molecule has 0 radical (unpaired) electrons. The molecule has 1 N–H and O–H groups in total. The molecule has 0 atom stereocenters. The molecule has 3 rings (SSSR count). The Morgan fingerprint density at radius 2 is 1.82 bits per heavy atom. The summed E-state index contributed by atoms with van der Waals surface area (Å²) in [5.74, 6) is 0. The number of rotatable bonds is 5. The van der Waals surface area contributed by atoms with E-state index in [2.05, 4.69) is 74.2 Å². The number of anilines is 2. The normalized spacial score (nSPS) is 10.4. The molecule has 0 saturated heterocycles. The van der Waals surface area contributed by atoms with Crippen LogP contribution in [0.5, 0.6) is 0 Å². The van der Waals surface area contributed by atoms with Gasteiger partial charge in [-0.1, -0.05) is 58.1 Å². The van der Waals surface area contributed by atoms with E-state index in [1.54, 1.807) is 11.3 Å². The van der Waals surface area contributed by atoms with Crippen molar-refractivity contribution in [3.05, 3.63) is 77.1 Å². The Balaban J connectivity index is 1.98. The minimum Gasteiger partial charge on any atom is -0.231 e. The van der Waals surface area contributed by atoms with Crippen LogP contribution in [0.3, 0.4) is 0 Å². The quantitative estimate of drug-likeness (QED) is 0.469. The molecule has 0 bridgehead atoms. The number of aromatic nitrogens is 1. The van der Waals surface area contributed by atoms with E-state index in [0.29, 0.717) is 0 Å². The first-order valence-electron chi connectivity index (χ1n) is 6.98. The summed E-state index contributed by atoms with van der Waals surface area (Å²) in [7, 11) is 0. The summed E-state index contributed by atoms with van der Waals surface area (Å²) in [4.78, 5) is 0. The predicted molar refractivity (Wildman–Crippen MR) is 97.6 cm³/mol. The second-order valence-corrected chi connectivity index (χ2v) is 6.60. The summed E-state index contributed by atoms with van der Waals surface area (Å²) >= 11 is 5.19. The third kappa shape index (κ3) is 3.29. The fraction of sp³-hybridized carbons (Fsp3) is 0.0556. The highest BCUT2D eigenvalue weighted by molar-refractivity contribution is 9.10. The van der Waals surface area contributed by atoms with Gasteiger partial charge in [-0.2, -0.15) is 0 Å². The van der Waals surface area contributed by atoms with E-state index in [9.17, 15) is 0 Å². The molecule has 110 valence electrons. The maximum absolute atomic E-state index is 3.88. The van der Waals surface area contributed by atoms with Crippen LogP contribution in [-0.4, -0.2) is 0 Å². The molecule has 0 amide bonds. The molecule has 2 aromatic carbocycles. The number of halogens is 1. The first-order chi connectivity index (χ1) is 10.8. The summed E-state index contributed by atoms with van der Waals surface area (Å²) in [6.07, 6.45) is 1.92. The highest BCUT2D eigenvalue weighted by Crippen LogP contribution is 2.26. The third-order valence-electron chi connectivity index (χ3n) is 3.29. The third-order valence-corrected chi connectivity index (χ3v) is 4.71. The predicted octanol–water partition coefficient (Wildman–Crippen LogP) is 5.39.